The lowest BCUT2D eigenvalue weighted by Gasteiger charge is -2.17. The first kappa shape index (κ1) is 29.2. The van der Waals surface area contributed by atoms with E-state index < -0.39 is 15.9 Å². The highest BCUT2D eigenvalue weighted by atomic mass is 35.5. The van der Waals surface area contributed by atoms with E-state index >= 15 is 0 Å². The monoisotopic (exact) mass is 544 g/mol. The fraction of sp³-hybridized carbons (Fsp3) is 0.565. The lowest BCUT2D eigenvalue weighted by atomic mass is 9.94. The van der Waals surface area contributed by atoms with Crippen LogP contribution in [0.1, 0.15) is 70.1 Å². The molecule has 0 radical (unpaired) electrons. The van der Waals surface area contributed by atoms with Crippen LogP contribution in [-0.2, 0) is 15.4 Å². The number of nitrogens with zero attached hydrogens (tertiary/aromatic N) is 3. The Morgan fingerprint density at radius 2 is 1.97 bits per heavy atom. The molecule has 9 nitrogen and oxygen atoms in total. The second-order valence-electron chi connectivity index (χ2n) is 10.3. The van der Waals surface area contributed by atoms with Crippen LogP contribution in [0.5, 0.6) is 0 Å². The van der Waals surface area contributed by atoms with Gasteiger partial charge in [-0.25, -0.2) is 19.7 Å². The molecular weight excluding hydrogens is 511 g/mol. The van der Waals surface area contributed by atoms with E-state index in [1.54, 1.807) is 12.1 Å². The Labute approximate surface area is 218 Å². The van der Waals surface area contributed by atoms with Crippen LogP contribution in [0.2, 0.25) is 5.15 Å². The normalized spacial score (nSPS) is 17.5. The first-order valence-electron chi connectivity index (χ1n) is 11.3. The molecule has 12 heteroatoms. The minimum atomic E-state index is -4.22. The summed E-state index contributed by atoms with van der Waals surface area (Å²) in [5.74, 6) is 0.597. The number of amides is 1. The molecule has 3 N–H and O–H groups in total. The number of carbonyl (C=O) groups excluding carboxylic acids is 1. The van der Waals surface area contributed by atoms with Crippen molar-refractivity contribution in [1.29, 1.82) is 0 Å². The van der Waals surface area contributed by atoms with Gasteiger partial charge >= 0.3 is 0 Å². The molecule has 2 aromatic heterocycles. The quantitative estimate of drug-likeness (QED) is 0.337. The molecule has 1 atom stereocenters. The van der Waals surface area contributed by atoms with Crippen molar-refractivity contribution in [1.82, 2.24) is 25.0 Å². The van der Waals surface area contributed by atoms with E-state index in [4.69, 9.17) is 11.6 Å². The Kier molecular flexibility index (Phi) is 9.49. The van der Waals surface area contributed by atoms with Gasteiger partial charge in [0, 0.05) is 23.7 Å². The molecule has 1 amide bonds. The Balaban J connectivity index is 0.00000432. The molecule has 1 aliphatic heterocycles. The van der Waals surface area contributed by atoms with Gasteiger partial charge in [0.25, 0.3) is 15.9 Å². The molecule has 0 spiro atoms. The van der Waals surface area contributed by atoms with E-state index in [0.717, 1.165) is 25.8 Å². The predicted octanol–water partition coefficient (Wildman–Crippen LogP) is 3.94. The molecule has 0 bridgehead atoms. The van der Waals surface area contributed by atoms with Crippen LogP contribution in [0.3, 0.4) is 0 Å². The van der Waals surface area contributed by atoms with Gasteiger partial charge in [-0.2, -0.15) is 8.42 Å². The number of hydrogen-bond acceptors (Lipinski definition) is 8. The Morgan fingerprint density at radius 3 is 2.57 bits per heavy atom. The number of pyridine rings is 1. The van der Waals surface area contributed by atoms with Crippen molar-refractivity contribution in [3.8, 4) is 0 Å². The van der Waals surface area contributed by atoms with Gasteiger partial charge < -0.3 is 10.6 Å². The van der Waals surface area contributed by atoms with Gasteiger partial charge in [0.2, 0.25) is 0 Å². The number of hydrogen-bond donors (Lipinski definition) is 3. The molecule has 1 aliphatic rings. The highest BCUT2D eigenvalue weighted by molar-refractivity contribution is 7.90. The van der Waals surface area contributed by atoms with Gasteiger partial charge in [0.15, 0.2) is 5.03 Å². The van der Waals surface area contributed by atoms with Crippen LogP contribution in [-0.4, -0.2) is 47.9 Å². The first-order chi connectivity index (χ1) is 15.8. The van der Waals surface area contributed by atoms with E-state index in [-0.39, 0.29) is 39.1 Å². The number of halogens is 2. The molecule has 3 rings (SSSR count). The van der Waals surface area contributed by atoms with Crippen LogP contribution in [0, 0.1) is 5.92 Å². The topological polar surface area (TPSA) is 126 Å². The summed E-state index contributed by atoms with van der Waals surface area (Å²) in [6.07, 6.45) is 4.40. The predicted molar refractivity (Wildman–Crippen MR) is 140 cm³/mol. The summed E-state index contributed by atoms with van der Waals surface area (Å²) in [5, 5.41) is 6.30. The fourth-order valence-electron chi connectivity index (χ4n) is 3.86. The summed E-state index contributed by atoms with van der Waals surface area (Å²) in [4.78, 5) is 25.0. The third-order valence-corrected chi connectivity index (χ3v) is 7.17. The van der Waals surface area contributed by atoms with Crippen LogP contribution < -0.4 is 15.4 Å². The number of anilines is 1. The fourth-order valence-corrected chi connectivity index (χ4v) is 5.01. The average molecular weight is 546 g/mol. The molecule has 0 aromatic carbocycles. The van der Waals surface area contributed by atoms with Crippen molar-refractivity contribution in [2.75, 3.05) is 18.4 Å². The second-order valence-corrected chi connectivity index (χ2v) is 12.3. The molecule has 35 heavy (non-hydrogen) atoms. The Morgan fingerprint density at radius 1 is 1.26 bits per heavy atom. The third-order valence-electron chi connectivity index (χ3n) is 5.65. The zero-order valence-corrected chi connectivity index (χ0v) is 23.1. The summed E-state index contributed by atoms with van der Waals surface area (Å²) < 4.78 is 27.5. The van der Waals surface area contributed by atoms with Crippen molar-refractivity contribution in [2.24, 2.45) is 5.92 Å². The van der Waals surface area contributed by atoms with Crippen molar-refractivity contribution < 1.29 is 13.2 Å². The van der Waals surface area contributed by atoms with E-state index in [9.17, 15) is 13.2 Å². The summed E-state index contributed by atoms with van der Waals surface area (Å²) in [7, 11) is -4.22. The maximum Gasteiger partial charge on any atom is 0.281 e. The summed E-state index contributed by atoms with van der Waals surface area (Å²) in [5.41, 5.74) is -0.304. The van der Waals surface area contributed by atoms with Gasteiger partial charge in [0.05, 0.1) is 5.56 Å². The molecule has 194 valence electrons. The maximum absolute atomic E-state index is 12.8. The molecule has 0 unspecified atom stereocenters. The lowest BCUT2D eigenvalue weighted by molar-refractivity contribution is 0.0980. The summed E-state index contributed by atoms with van der Waals surface area (Å²) >= 11 is 6.13. The van der Waals surface area contributed by atoms with Crippen molar-refractivity contribution in [2.45, 2.75) is 69.9 Å². The van der Waals surface area contributed by atoms with Crippen LogP contribution in [0.25, 0.3) is 0 Å². The lowest BCUT2D eigenvalue weighted by Crippen LogP contribution is -2.32. The SMILES string of the molecule is CC1(C)C[C@H](CCCNc2cccc(S(=O)(=O)NC(=O)c3cnc(C(C)(C)C)nc3Cl)n2)CN1.Cl. The van der Waals surface area contributed by atoms with Gasteiger partial charge in [-0.3, -0.25) is 4.79 Å². The van der Waals surface area contributed by atoms with Gasteiger partial charge in [-0.15, -0.1) is 12.4 Å². The molecule has 2 aromatic rings. The Hall–Kier alpha value is -2.01. The van der Waals surface area contributed by atoms with Crippen molar-refractivity contribution in [3.63, 3.8) is 0 Å². The second kappa shape index (κ2) is 11.4. The van der Waals surface area contributed by atoms with E-state index in [0.29, 0.717) is 24.1 Å². The summed E-state index contributed by atoms with van der Waals surface area (Å²) in [6, 6.07) is 4.59. The highest BCUT2D eigenvalue weighted by Crippen LogP contribution is 2.26. The van der Waals surface area contributed by atoms with Gasteiger partial charge in [-0.1, -0.05) is 38.4 Å². The Bertz CT molecular complexity index is 1150. The summed E-state index contributed by atoms with van der Waals surface area (Å²) in [6.45, 7) is 11.8. The zero-order chi connectivity index (χ0) is 25.1. The van der Waals surface area contributed by atoms with E-state index in [1.165, 1.54) is 12.3 Å². The number of rotatable bonds is 8. The number of carbonyl (C=O) groups is 1. The molecule has 0 aliphatic carbocycles. The minimum absolute atomic E-state index is 0. The third kappa shape index (κ3) is 7.99. The highest BCUT2D eigenvalue weighted by Gasteiger charge is 2.29. The molecule has 1 fully saturated rings. The van der Waals surface area contributed by atoms with Gasteiger partial charge in [0.1, 0.15) is 16.8 Å². The van der Waals surface area contributed by atoms with E-state index in [1.807, 2.05) is 25.5 Å². The number of sulfonamides is 1. The first-order valence-corrected chi connectivity index (χ1v) is 13.2. The molecule has 1 saturated heterocycles. The van der Waals surface area contributed by atoms with Gasteiger partial charge in [-0.05, 0) is 57.7 Å². The van der Waals surface area contributed by atoms with Crippen molar-refractivity contribution >= 4 is 45.8 Å². The molecule has 3 heterocycles. The molecule has 0 saturated carbocycles. The number of aromatic nitrogens is 3. The molecular formula is C23H34Cl2N6O3S. The smallest absolute Gasteiger partial charge is 0.281 e. The zero-order valence-electron chi connectivity index (χ0n) is 20.7. The van der Waals surface area contributed by atoms with Crippen LogP contribution in [0.15, 0.2) is 29.4 Å². The standard InChI is InChI=1S/C23H33ClN6O3S.ClH/c1-22(2,3)21-26-14-16(19(24)29-21)20(31)30-34(32,33)18-10-6-9-17(28-18)25-11-7-8-15-12-23(4,5)27-13-15;/h6,9-10,14-15,27H,7-8,11-13H2,1-5H3,(H,25,28)(H,30,31);1H/t15-;/m0./s1. The number of nitrogens with one attached hydrogen (secondary N) is 3. The van der Waals surface area contributed by atoms with E-state index in [2.05, 4.69) is 39.4 Å². The largest absolute Gasteiger partial charge is 0.370 e. The maximum atomic E-state index is 12.8. The van der Waals surface area contributed by atoms with Crippen LogP contribution in [0.4, 0.5) is 5.82 Å². The minimum Gasteiger partial charge on any atom is -0.370 e. The van der Waals surface area contributed by atoms with Crippen molar-refractivity contribution in [3.05, 3.63) is 40.9 Å². The van der Waals surface area contributed by atoms with Crippen LogP contribution >= 0.6 is 24.0 Å². The average Bonchev–Trinajstić information content (AvgIpc) is 3.09.